The Labute approximate surface area is 199 Å². The van der Waals surface area contributed by atoms with Crippen LogP contribution >= 0.6 is 11.6 Å². The molecule has 0 fully saturated rings. The van der Waals surface area contributed by atoms with Crippen molar-refractivity contribution in [1.82, 2.24) is 5.43 Å². The number of nitrogens with one attached hydrogen (secondary N) is 1. The third kappa shape index (κ3) is 5.57. The molecule has 34 heavy (non-hydrogen) atoms. The molecular weight excluding hydrogens is 459 g/mol. The minimum Gasteiger partial charge on any atom is -0.484 e. The Balaban J connectivity index is 1.51. The van der Waals surface area contributed by atoms with Crippen molar-refractivity contribution in [3.8, 4) is 11.5 Å². The summed E-state index contributed by atoms with van der Waals surface area (Å²) in [6.45, 7) is -0.313. The zero-order valence-electron chi connectivity index (χ0n) is 17.7. The molecule has 0 aliphatic rings. The van der Waals surface area contributed by atoms with E-state index >= 15 is 0 Å². The molecule has 8 heteroatoms. The first kappa shape index (κ1) is 22.9. The van der Waals surface area contributed by atoms with Crippen LogP contribution in [0.15, 0.2) is 90.0 Å². The van der Waals surface area contributed by atoms with E-state index in [2.05, 4.69) is 10.5 Å². The van der Waals surface area contributed by atoms with Gasteiger partial charge in [-0.2, -0.15) is 5.10 Å². The minimum absolute atomic E-state index is 0.228. The largest absolute Gasteiger partial charge is 0.484 e. The van der Waals surface area contributed by atoms with E-state index in [1.54, 1.807) is 30.3 Å². The molecule has 0 bridgehead atoms. The molecule has 0 aliphatic carbocycles. The number of esters is 1. The molecule has 170 valence electrons. The van der Waals surface area contributed by atoms with Crippen molar-refractivity contribution in [3.63, 3.8) is 0 Å². The van der Waals surface area contributed by atoms with Crippen LogP contribution in [0.5, 0.6) is 11.5 Å². The van der Waals surface area contributed by atoms with E-state index in [4.69, 9.17) is 21.1 Å². The molecule has 0 heterocycles. The number of benzene rings is 4. The summed E-state index contributed by atoms with van der Waals surface area (Å²) in [4.78, 5) is 24.8. The van der Waals surface area contributed by atoms with Crippen molar-refractivity contribution in [1.29, 1.82) is 0 Å². The Bertz CT molecular complexity index is 1370. The maximum absolute atomic E-state index is 13.0. The maximum atomic E-state index is 13.0. The fraction of sp³-hybridized carbons (Fsp3) is 0.0385. The van der Waals surface area contributed by atoms with Gasteiger partial charge in [0.2, 0.25) is 0 Å². The number of carbonyl (C=O) groups excluding carboxylic acids is 2. The summed E-state index contributed by atoms with van der Waals surface area (Å²) in [6.07, 6.45) is 1.40. The van der Waals surface area contributed by atoms with Crippen molar-refractivity contribution in [2.45, 2.75) is 0 Å². The smallest absolute Gasteiger partial charge is 0.345 e. The summed E-state index contributed by atoms with van der Waals surface area (Å²) < 4.78 is 23.9. The molecular formula is C26H18ClFN2O4. The van der Waals surface area contributed by atoms with E-state index in [1.807, 2.05) is 30.3 Å². The molecule has 1 amide bonds. The summed E-state index contributed by atoms with van der Waals surface area (Å²) in [7, 11) is 0. The number of hydrazone groups is 1. The number of hydrogen-bond acceptors (Lipinski definition) is 5. The van der Waals surface area contributed by atoms with Crippen LogP contribution in [-0.4, -0.2) is 24.7 Å². The molecule has 4 aromatic carbocycles. The van der Waals surface area contributed by atoms with E-state index in [1.165, 1.54) is 30.5 Å². The fourth-order valence-electron chi connectivity index (χ4n) is 3.16. The number of nitrogens with zero attached hydrogens (tertiary/aromatic N) is 1. The topological polar surface area (TPSA) is 77.0 Å². The van der Waals surface area contributed by atoms with Gasteiger partial charge in [-0.3, -0.25) is 4.79 Å². The Morgan fingerprint density at radius 1 is 0.941 bits per heavy atom. The highest BCUT2D eigenvalue weighted by Crippen LogP contribution is 2.28. The Hall–Kier alpha value is -4.23. The van der Waals surface area contributed by atoms with Gasteiger partial charge in [0.1, 0.15) is 17.3 Å². The predicted octanol–water partition coefficient (Wildman–Crippen LogP) is 5.38. The summed E-state index contributed by atoms with van der Waals surface area (Å²) >= 11 is 6.12. The molecule has 1 N–H and O–H groups in total. The van der Waals surface area contributed by atoms with E-state index in [9.17, 15) is 14.0 Å². The molecule has 0 unspecified atom stereocenters. The zero-order valence-corrected chi connectivity index (χ0v) is 18.5. The Morgan fingerprint density at radius 2 is 1.68 bits per heavy atom. The Kier molecular flexibility index (Phi) is 7.15. The first-order valence-electron chi connectivity index (χ1n) is 10.2. The van der Waals surface area contributed by atoms with Crippen LogP contribution in [0.1, 0.15) is 15.9 Å². The lowest BCUT2D eigenvalue weighted by Gasteiger charge is -2.11. The van der Waals surface area contributed by atoms with Crippen LogP contribution < -0.4 is 14.9 Å². The third-order valence-corrected chi connectivity index (χ3v) is 5.12. The van der Waals surface area contributed by atoms with Gasteiger partial charge in [-0.25, -0.2) is 14.6 Å². The molecule has 0 saturated heterocycles. The molecule has 4 aromatic rings. The Morgan fingerprint density at radius 3 is 2.47 bits per heavy atom. The SMILES string of the molecule is O=C(COc1ccc(F)cc1)N/N=C/c1c(OC(=O)c2ccccc2Cl)ccc2ccccc12. The zero-order chi connectivity index (χ0) is 23.9. The lowest BCUT2D eigenvalue weighted by molar-refractivity contribution is -0.123. The van der Waals surface area contributed by atoms with Crippen molar-refractivity contribution in [2.75, 3.05) is 6.61 Å². The van der Waals surface area contributed by atoms with Gasteiger partial charge >= 0.3 is 5.97 Å². The summed E-state index contributed by atoms with van der Waals surface area (Å²) in [5.74, 6) is -0.933. The number of amides is 1. The molecule has 4 rings (SSSR count). The van der Waals surface area contributed by atoms with Crippen molar-refractivity contribution >= 4 is 40.5 Å². The molecule has 0 radical (unpaired) electrons. The van der Waals surface area contributed by atoms with Gasteiger partial charge in [-0.05, 0) is 53.2 Å². The van der Waals surface area contributed by atoms with Crippen LogP contribution in [0.4, 0.5) is 4.39 Å². The van der Waals surface area contributed by atoms with E-state index in [0.29, 0.717) is 11.3 Å². The van der Waals surface area contributed by atoms with E-state index in [-0.39, 0.29) is 22.9 Å². The van der Waals surface area contributed by atoms with E-state index < -0.39 is 17.7 Å². The molecule has 6 nitrogen and oxygen atoms in total. The van der Waals surface area contributed by atoms with Crippen LogP contribution in [0.2, 0.25) is 5.02 Å². The van der Waals surface area contributed by atoms with Gasteiger partial charge in [0.15, 0.2) is 6.61 Å². The van der Waals surface area contributed by atoms with Crippen LogP contribution in [-0.2, 0) is 4.79 Å². The lowest BCUT2D eigenvalue weighted by atomic mass is 10.0. The fourth-order valence-corrected chi connectivity index (χ4v) is 3.37. The highest BCUT2D eigenvalue weighted by molar-refractivity contribution is 6.33. The van der Waals surface area contributed by atoms with Gasteiger partial charge < -0.3 is 9.47 Å². The van der Waals surface area contributed by atoms with Crippen LogP contribution in [0, 0.1) is 5.82 Å². The normalized spacial score (nSPS) is 10.9. The first-order chi connectivity index (χ1) is 16.5. The number of fused-ring (bicyclic) bond motifs is 1. The number of hydrogen-bond donors (Lipinski definition) is 1. The average molecular weight is 477 g/mol. The van der Waals surface area contributed by atoms with Crippen molar-refractivity contribution in [2.24, 2.45) is 5.10 Å². The van der Waals surface area contributed by atoms with Crippen LogP contribution in [0.3, 0.4) is 0 Å². The third-order valence-electron chi connectivity index (χ3n) is 4.79. The summed E-state index contributed by atoms with van der Waals surface area (Å²) in [6, 6.07) is 22.8. The van der Waals surface area contributed by atoms with Crippen molar-refractivity contribution < 1.29 is 23.5 Å². The number of halogens is 2. The predicted molar refractivity (Wildman–Crippen MR) is 128 cm³/mol. The lowest BCUT2D eigenvalue weighted by Crippen LogP contribution is -2.24. The second-order valence-corrected chi connectivity index (χ2v) is 7.51. The van der Waals surface area contributed by atoms with Gasteiger partial charge in [-0.15, -0.1) is 0 Å². The molecule has 0 saturated carbocycles. The van der Waals surface area contributed by atoms with Gasteiger partial charge in [-0.1, -0.05) is 54.1 Å². The molecule has 0 atom stereocenters. The molecule has 0 aliphatic heterocycles. The second-order valence-electron chi connectivity index (χ2n) is 7.10. The quantitative estimate of drug-likeness (QED) is 0.168. The standard InChI is InChI=1S/C26H18ClFN2O4/c27-23-8-4-3-7-21(23)26(32)34-24-14-9-17-5-1-2-6-20(17)22(24)15-29-30-25(31)16-33-19-12-10-18(28)11-13-19/h1-15H,16H2,(H,30,31)/b29-15+. The van der Waals surface area contributed by atoms with Crippen molar-refractivity contribution in [3.05, 3.63) is 107 Å². The summed E-state index contributed by atoms with van der Waals surface area (Å²) in [5.41, 5.74) is 3.10. The highest BCUT2D eigenvalue weighted by Gasteiger charge is 2.15. The molecule has 0 spiro atoms. The second kappa shape index (κ2) is 10.6. The highest BCUT2D eigenvalue weighted by atomic mass is 35.5. The first-order valence-corrected chi connectivity index (χ1v) is 10.6. The number of ether oxygens (including phenoxy) is 2. The van der Waals surface area contributed by atoms with E-state index in [0.717, 1.165) is 10.8 Å². The van der Waals surface area contributed by atoms with Gasteiger partial charge in [0.05, 0.1) is 16.8 Å². The monoisotopic (exact) mass is 476 g/mol. The molecule has 0 aromatic heterocycles. The summed E-state index contributed by atoms with van der Waals surface area (Å²) in [5, 5.41) is 5.94. The van der Waals surface area contributed by atoms with Gasteiger partial charge in [0.25, 0.3) is 5.91 Å². The van der Waals surface area contributed by atoms with Crippen LogP contribution in [0.25, 0.3) is 10.8 Å². The number of carbonyl (C=O) groups is 2. The van der Waals surface area contributed by atoms with Gasteiger partial charge in [0, 0.05) is 5.56 Å². The maximum Gasteiger partial charge on any atom is 0.345 e. The number of rotatable bonds is 7. The average Bonchev–Trinajstić information content (AvgIpc) is 2.85. The minimum atomic E-state index is -0.618.